The van der Waals surface area contributed by atoms with Gasteiger partial charge in [-0.05, 0) is 37.8 Å². The normalized spacial score (nSPS) is 11.6. The Labute approximate surface area is 75.9 Å². The number of carbonyl (C=O) groups is 1. The third-order valence-corrected chi connectivity index (χ3v) is 2.70. The topological polar surface area (TPSA) is 37.3 Å². The van der Waals surface area contributed by atoms with Gasteiger partial charge < -0.3 is 5.11 Å². The molecule has 0 amide bonds. The number of thiophene rings is 1. The van der Waals surface area contributed by atoms with Gasteiger partial charge in [0.05, 0.1) is 5.41 Å². The van der Waals surface area contributed by atoms with Gasteiger partial charge in [0, 0.05) is 4.88 Å². The molecule has 0 saturated carbocycles. The Hall–Kier alpha value is -0.830. The maximum absolute atomic E-state index is 10.8. The van der Waals surface area contributed by atoms with E-state index in [0.29, 0.717) is 0 Å². The summed E-state index contributed by atoms with van der Waals surface area (Å²) in [5, 5.41) is 10.7. The Bertz CT molecular complexity index is 299. The summed E-state index contributed by atoms with van der Waals surface area (Å²) in [6, 6.07) is 1.82. The Morgan fingerprint density at radius 1 is 1.67 bits per heavy atom. The third-order valence-electron chi connectivity index (χ3n) is 1.91. The van der Waals surface area contributed by atoms with Gasteiger partial charge in [-0.15, -0.1) is 11.3 Å². The molecular weight excluding hydrogens is 172 g/mol. The standard InChI is InChI=1S/C9H11O2S/c1-6-4-7(5-12-6)9(2,3)8(10)11/h4-5H,1H2,2-3H3,(H,10,11). The van der Waals surface area contributed by atoms with E-state index >= 15 is 0 Å². The van der Waals surface area contributed by atoms with Gasteiger partial charge in [-0.25, -0.2) is 0 Å². The predicted octanol–water partition coefficient (Wildman–Crippen LogP) is 2.29. The summed E-state index contributed by atoms with van der Waals surface area (Å²) in [6.07, 6.45) is 0. The van der Waals surface area contributed by atoms with Crippen molar-refractivity contribution < 1.29 is 9.90 Å². The monoisotopic (exact) mass is 183 g/mol. The van der Waals surface area contributed by atoms with Crippen LogP contribution in [0.3, 0.4) is 0 Å². The van der Waals surface area contributed by atoms with E-state index in [2.05, 4.69) is 6.92 Å². The second-order valence-electron chi connectivity index (χ2n) is 3.23. The molecule has 1 radical (unpaired) electrons. The fraction of sp³-hybridized carbons (Fsp3) is 0.333. The van der Waals surface area contributed by atoms with Gasteiger partial charge >= 0.3 is 5.97 Å². The summed E-state index contributed by atoms with van der Waals surface area (Å²) >= 11 is 1.47. The van der Waals surface area contributed by atoms with E-state index in [9.17, 15) is 4.79 Å². The fourth-order valence-electron chi connectivity index (χ4n) is 0.832. The Kier molecular flexibility index (Phi) is 2.24. The van der Waals surface area contributed by atoms with Crippen LogP contribution in [0.2, 0.25) is 0 Å². The molecular formula is C9H11O2S. The van der Waals surface area contributed by atoms with Crippen molar-refractivity contribution in [2.45, 2.75) is 19.3 Å². The number of carboxylic acids is 1. The van der Waals surface area contributed by atoms with Crippen LogP contribution in [-0.2, 0) is 10.2 Å². The maximum atomic E-state index is 10.8. The summed E-state index contributed by atoms with van der Waals surface area (Å²) in [5.41, 5.74) is 0.0249. The highest BCUT2D eigenvalue weighted by molar-refractivity contribution is 7.10. The lowest BCUT2D eigenvalue weighted by Crippen LogP contribution is -2.27. The Balaban J connectivity index is 3.05. The number of carboxylic acid groups (broad SMARTS) is 1. The summed E-state index contributed by atoms with van der Waals surface area (Å²) in [4.78, 5) is 11.7. The Morgan fingerprint density at radius 3 is 2.58 bits per heavy atom. The van der Waals surface area contributed by atoms with Crippen molar-refractivity contribution in [3.05, 3.63) is 28.8 Å². The molecule has 3 heteroatoms. The summed E-state index contributed by atoms with van der Waals surface area (Å²) in [6.45, 7) is 7.12. The van der Waals surface area contributed by atoms with Crippen LogP contribution in [0, 0.1) is 6.92 Å². The van der Waals surface area contributed by atoms with Crippen LogP contribution >= 0.6 is 11.3 Å². The number of aliphatic carboxylic acids is 1. The van der Waals surface area contributed by atoms with Crippen LogP contribution in [0.25, 0.3) is 0 Å². The van der Waals surface area contributed by atoms with E-state index < -0.39 is 11.4 Å². The second-order valence-corrected chi connectivity index (χ2v) is 4.23. The molecule has 1 heterocycles. The van der Waals surface area contributed by atoms with E-state index in [1.54, 1.807) is 13.8 Å². The third kappa shape index (κ3) is 1.50. The van der Waals surface area contributed by atoms with E-state index in [0.717, 1.165) is 10.4 Å². The molecule has 0 unspecified atom stereocenters. The lowest BCUT2D eigenvalue weighted by Gasteiger charge is -2.16. The molecule has 0 bridgehead atoms. The van der Waals surface area contributed by atoms with Gasteiger partial charge in [-0.2, -0.15) is 0 Å². The lowest BCUT2D eigenvalue weighted by molar-refractivity contribution is -0.142. The molecule has 0 spiro atoms. The van der Waals surface area contributed by atoms with Crippen LogP contribution in [0.4, 0.5) is 0 Å². The van der Waals surface area contributed by atoms with Crippen molar-refractivity contribution in [3.8, 4) is 0 Å². The molecule has 2 nitrogen and oxygen atoms in total. The van der Waals surface area contributed by atoms with Crippen LogP contribution in [0.15, 0.2) is 11.4 Å². The minimum atomic E-state index is -0.805. The summed E-state index contributed by atoms with van der Waals surface area (Å²) in [5.74, 6) is -0.805. The highest BCUT2D eigenvalue weighted by atomic mass is 32.1. The van der Waals surface area contributed by atoms with E-state index in [4.69, 9.17) is 5.11 Å². The second kappa shape index (κ2) is 2.90. The molecule has 0 atom stereocenters. The number of rotatable bonds is 2. The molecule has 0 fully saturated rings. The number of hydrogen-bond acceptors (Lipinski definition) is 2. The van der Waals surface area contributed by atoms with Crippen molar-refractivity contribution >= 4 is 17.3 Å². The zero-order valence-corrected chi connectivity index (χ0v) is 7.94. The van der Waals surface area contributed by atoms with Crippen LogP contribution in [0.1, 0.15) is 24.3 Å². The molecule has 0 aromatic carbocycles. The number of hydrogen-bond donors (Lipinski definition) is 1. The minimum absolute atomic E-state index is 0.799. The molecule has 65 valence electrons. The van der Waals surface area contributed by atoms with Gasteiger partial charge in [0.2, 0.25) is 0 Å². The smallest absolute Gasteiger partial charge is 0.313 e. The zero-order valence-electron chi connectivity index (χ0n) is 7.13. The molecule has 1 N–H and O–H groups in total. The van der Waals surface area contributed by atoms with Crippen molar-refractivity contribution in [2.24, 2.45) is 0 Å². The van der Waals surface area contributed by atoms with Gasteiger partial charge in [0.25, 0.3) is 0 Å². The summed E-state index contributed by atoms with van der Waals surface area (Å²) < 4.78 is 0. The fourth-order valence-corrected chi connectivity index (χ4v) is 1.67. The average molecular weight is 183 g/mol. The molecule has 1 aromatic heterocycles. The quantitative estimate of drug-likeness (QED) is 0.763. The largest absolute Gasteiger partial charge is 0.481 e. The first-order chi connectivity index (χ1) is 5.44. The van der Waals surface area contributed by atoms with Crippen molar-refractivity contribution in [2.75, 3.05) is 0 Å². The van der Waals surface area contributed by atoms with Gasteiger partial charge in [0.15, 0.2) is 0 Å². The van der Waals surface area contributed by atoms with Crippen molar-refractivity contribution in [3.63, 3.8) is 0 Å². The van der Waals surface area contributed by atoms with Gasteiger partial charge in [0.1, 0.15) is 0 Å². The molecule has 1 aromatic rings. The molecule has 0 aliphatic rings. The SMILES string of the molecule is [CH2]c1cc(C(C)(C)C(=O)O)cs1. The minimum Gasteiger partial charge on any atom is -0.481 e. The Morgan fingerprint density at radius 2 is 2.25 bits per heavy atom. The molecule has 12 heavy (non-hydrogen) atoms. The van der Waals surface area contributed by atoms with Crippen molar-refractivity contribution in [1.29, 1.82) is 0 Å². The first kappa shape index (κ1) is 9.26. The highest BCUT2D eigenvalue weighted by Gasteiger charge is 2.29. The lowest BCUT2D eigenvalue weighted by atomic mass is 9.87. The molecule has 0 aliphatic carbocycles. The van der Waals surface area contributed by atoms with Gasteiger partial charge in [-0.1, -0.05) is 0 Å². The predicted molar refractivity (Wildman–Crippen MR) is 49.4 cm³/mol. The van der Waals surface area contributed by atoms with Crippen molar-refractivity contribution in [1.82, 2.24) is 0 Å². The molecule has 0 aliphatic heterocycles. The van der Waals surface area contributed by atoms with E-state index in [-0.39, 0.29) is 0 Å². The maximum Gasteiger partial charge on any atom is 0.313 e. The molecule has 0 saturated heterocycles. The molecule has 1 rings (SSSR count). The van der Waals surface area contributed by atoms with Crippen LogP contribution in [0.5, 0.6) is 0 Å². The zero-order chi connectivity index (χ0) is 9.35. The van der Waals surface area contributed by atoms with Crippen LogP contribution in [-0.4, -0.2) is 11.1 Å². The summed E-state index contributed by atoms with van der Waals surface area (Å²) in [7, 11) is 0. The van der Waals surface area contributed by atoms with Gasteiger partial charge in [-0.3, -0.25) is 4.79 Å². The van der Waals surface area contributed by atoms with E-state index in [1.807, 2.05) is 11.4 Å². The average Bonchev–Trinajstić information content (AvgIpc) is 2.35. The first-order valence-corrected chi connectivity index (χ1v) is 4.47. The van der Waals surface area contributed by atoms with Crippen LogP contribution < -0.4 is 0 Å². The highest BCUT2D eigenvalue weighted by Crippen LogP contribution is 2.27. The first-order valence-electron chi connectivity index (χ1n) is 3.59. The van der Waals surface area contributed by atoms with E-state index in [1.165, 1.54) is 11.3 Å².